The van der Waals surface area contributed by atoms with E-state index in [1.54, 1.807) is 11.6 Å². The third-order valence-corrected chi connectivity index (χ3v) is 5.25. The second-order valence-electron chi connectivity index (χ2n) is 4.25. The van der Waals surface area contributed by atoms with Gasteiger partial charge in [0.2, 0.25) is 10.0 Å². The predicted molar refractivity (Wildman–Crippen MR) is 78.4 cm³/mol. The van der Waals surface area contributed by atoms with Gasteiger partial charge in [-0.2, -0.15) is 0 Å². The van der Waals surface area contributed by atoms with Crippen molar-refractivity contribution in [3.63, 3.8) is 0 Å². The second kappa shape index (κ2) is 6.50. The molecular weight excluding hydrogens is 315 g/mol. The van der Waals surface area contributed by atoms with E-state index in [0.717, 1.165) is 12.1 Å². The first-order chi connectivity index (χ1) is 9.97. The molecule has 0 saturated heterocycles. The van der Waals surface area contributed by atoms with E-state index in [-0.39, 0.29) is 10.6 Å². The Hall–Kier alpha value is -1.51. The minimum Gasteiger partial charge on any atom is -0.494 e. The van der Waals surface area contributed by atoms with Crippen LogP contribution in [0.15, 0.2) is 34.7 Å². The molecule has 114 valence electrons. The van der Waals surface area contributed by atoms with Crippen LogP contribution in [0.3, 0.4) is 0 Å². The zero-order valence-electron chi connectivity index (χ0n) is 11.5. The molecule has 1 unspecified atom stereocenters. The van der Waals surface area contributed by atoms with Crippen LogP contribution in [0.5, 0.6) is 5.75 Å². The summed E-state index contributed by atoms with van der Waals surface area (Å²) in [6, 6.07) is 3.02. The summed E-state index contributed by atoms with van der Waals surface area (Å²) in [5, 5.41) is 2.47. The van der Waals surface area contributed by atoms with Crippen molar-refractivity contribution in [2.24, 2.45) is 0 Å². The van der Waals surface area contributed by atoms with Gasteiger partial charge in [-0.05, 0) is 18.6 Å². The fourth-order valence-electron chi connectivity index (χ4n) is 1.78. The molecule has 1 aromatic carbocycles. The van der Waals surface area contributed by atoms with E-state index in [0.29, 0.717) is 11.4 Å². The Kier molecular flexibility index (Phi) is 4.92. The Balaban J connectivity index is 2.29. The molecule has 1 aromatic heterocycles. The Morgan fingerprint density at radius 3 is 2.81 bits per heavy atom. The van der Waals surface area contributed by atoms with E-state index in [9.17, 15) is 12.8 Å². The van der Waals surface area contributed by atoms with Crippen LogP contribution >= 0.6 is 11.3 Å². The number of halogens is 1. The minimum atomic E-state index is -3.78. The van der Waals surface area contributed by atoms with E-state index in [1.807, 2.05) is 6.92 Å². The van der Waals surface area contributed by atoms with E-state index in [2.05, 4.69) is 9.71 Å². The number of hydrogen-bond acceptors (Lipinski definition) is 5. The van der Waals surface area contributed by atoms with Gasteiger partial charge in [0, 0.05) is 17.6 Å². The first-order valence-corrected chi connectivity index (χ1v) is 8.59. The smallest absolute Gasteiger partial charge is 0.241 e. The molecule has 0 aliphatic heterocycles. The summed E-state index contributed by atoms with van der Waals surface area (Å²) >= 11 is 1.38. The lowest BCUT2D eigenvalue weighted by Crippen LogP contribution is -2.28. The summed E-state index contributed by atoms with van der Waals surface area (Å²) in [7, 11) is -2.49. The molecule has 1 N–H and O–H groups in total. The van der Waals surface area contributed by atoms with Gasteiger partial charge < -0.3 is 4.74 Å². The number of nitrogens with zero attached hydrogens (tertiary/aromatic N) is 1. The molecule has 0 aliphatic carbocycles. The fraction of sp³-hybridized carbons (Fsp3) is 0.308. The molecule has 0 spiro atoms. The van der Waals surface area contributed by atoms with Gasteiger partial charge in [0.15, 0.2) is 11.6 Å². The van der Waals surface area contributed by atoms with Crippen molar-refractivity contribution in [2.45, 2.75) is 24.3 Å². The monoisotopic (exact) mass is 330 g/mol. The number of nitrogens with one attached hydrogen (secondary N) is 1. The van der Waals surface area contributed by atoms with E-state index in [1.165, 1.54) is 24.5 Å². The van der Waals surface area contributed by atoms with Crippen molar-refractivity contribution in [3.8, 4) is 5.75 Å². The molecule has 0 amide bonds. The van der Waals surface area contributed by atoms with Gasteiger partial charge in [0.1, 0.15) is 5.01 Å². The number of thiazole rings is 1. The third-order valence-electron chi connectivity index (χ3n) is 2.89. The summed E-state index contributed by atoms with van der Waals surface area (Å²) in [5.41, 5.74) is 0. The predicted octanol–water partition coefficient (Wildman–Crippen LogP) is 2.72. The first kappa shape index (κ1) is 15.9. The topological polar surface area (TPSA) is 68.3 Å². The lowest BCUT2D eigenvalue weighted by Gasteiger charge is -2.15. The minimum absolute atomic E-state index is 0.0456. The maximum Gasteiger partial charge on any atom is 0.241 e. The molecule has 1 atom stereocenters. The number of hydrogen-bond donors (Lipinski definition) is 1. The molecule has 5 nitrogen and oxygen atoms in total. The number of benzene rings is 1. The lowest BCUT2D eigenvalue weighted by atomic mass is 10.3. The van der Waals surface area contributed by atoms with Crippen molar-refractivity contribution in [1.29, 1.82) is 0 Å². The molecule has 1 heterocycles. The molecule has 0 saturated carbocycles. The summed E-state index contributed by atoms with van der Waals surface area (Å²) in [5.74, 6) is -0.719. The highest BCUT2D eigenvalue weighted by atomic mass is 32.2. The zero-order valence-corrected chi connectivity index (χ0v) is 13.2. The van der Waals surface area contributed by atoms with Crippen molar-refractivity contribution in [2.75, 3.05) is 7.11 Å². The molecule has 8 heteroatoms. The number of aromatic nitrogens is 1. The van der Waals surface area contributed by atoms with Gasteiger partial charge in [-0.25, -0.2) is 22.5 Å². The Morgan fingerprint density at radius 2 is 2.24 bits per heavy atom. The SMILES string of the molecule is CCC(NS(=O)(=O)c1ccc(F)c(OC)c1)c1nccs1. The molecule has 0 radical (unpaired) electrons. The van der Waals surface area contributed by atoms with E-state index < -0.39 is 21.9 Å². The van der Waals surface area contributed by atoms with Crippen molar-refractivity contribution < 1.29 is 17.5 Å². The average Bonchev–Trinajstić information content (AvgIpc) is 2.99. The summed E-state index contributed by atoms with van der Waals surface area (Å²) < 4.78 is 45.5. The van der Waals surface area contributed by atoms with E-state index >= 15 is 0 Å². The van der Waals surface area contributed by atoms with Gasteiger partial charge in [-0.1, -0.05) is 6.92 Å². The molecule has 0 fully saturated rings. The summed E-state index contributed by atoms with van der Waals surface area (Å²) in [4.78, 5) is 4.07. The van der Waals surface area contributed by atoms with Crippen LogP contribution in [-0.4, -0.2) is 20.5 Å². The van der Waals surface area contributed by atoms with Gasteiger partial charge in [0.25, 0.3) is 0 Å². The molecule has 21 heavy (non-hydrogen) atoms. The molecule has 2 rings (SSSR count). The highest BCUT2D eigenvalue weighted by Crippen LogP contribution is 2.25. The largest absolute Gasteiger partial charge is 0.494 e. The van der Waals surface area contributed by atoms with Crippen LogP contribution in [0.1, 0.15) is 24.4 Å². The van der Waals surface area contributed by atoms with Gasteiger partial charge in [0.05, 0.1) is 18.0 Å². The van der Waals surface area contributed by atoms with Crippen LogP contribution in [0.25, 0.3) is 0 Å². The Labute approximate surface area is 126 Å². The normalized spacial score (nSPS) is 13.1. The van der Waals surface area contributed by atoms with Crippen LogP contribution < -0.4 is 9.46 Å². The zero-order chi connectivity index (χ0) is 15.5. The van der Waals surface area contributed by atoms with Gasteiger partial charge in [-0.15, -0.1) is 11.3 Å². The van der Waals surface area contributed by atoms with Crippen LogP contribution in [0.2, 0.25) is 0 Å². The number of ether oxygens (including phenoxy) is 1. The molecular formula is C13H15FN2O3S2. The standard InChI is InChI=1S/C13H15FN2O3S2/c1-3-11(13-15-6-7-20-13)16-21(17,18)9-4-5-10(14)12(8-9)19-2/h4-8,11,16H,3H2,1-2H3. The molecule has 0 aliphatic rings. The van der Waals surface area contributed by atoms with Gasteiger partial charge in [-0.3, -0.25) is 0 Å². The average molecular weight is 330 g/mol. The molecule has 0 bridgehead atoms. The van der Waals surface area contributed by atoms with Gasteiger partial charge >= 0.3 is 0 Å². The second-order valence-corrected chi connectivity index (χ2v) is 6.89. The van der Waals surface area contributed by atoms with Crippen LogP contribution in [0, 0.1) is 5.82 Å². The summed E-state index contributed by atoms with van der Waals surface area (Å²) in [6.07, 6.45) is 2.18. The maximum absolute atomic E-state index is 13.4. The summed E-state index contributed by atoms with van der Waals surface area (Å²) in [6.45, 7) is 1.86. The first-order valence-electron chi connectivity index (χ1n) is 6.23. The number of sulfonamides is 1. The van der Waals surface area contributed by atoms with Crippen LogP contribution in [-0.2, 0) is 10.0 Å². The molecule has 2 aromatic rings. The highest BCUT2D eigenvalue weighted by molar-refractivity contribution is 7.89. The van der Waals surface area contributed by atoms with Crippen LogP contribution in [0.4, 0.5) is 4.39 Å². The Morgan fingerprint density at radius 1 is 1.48 bits per heavy atom. The fourth-order valence-corrected chi connectivity index (χ4v) is 3.92. The maximum atomic E-state index is 13.4. The highest BCUT2D eigenvalue weighted by Gasteiger charge is 2.23. The van der Waals surface area contributed by atoms with Crippen molar-refractivity contribution >= 4 is 21.4 Å². The quantitative estimate of drug-likeness (QED) is 0.884. The number of rotatable bonds is 6. The van der Waals surface area contributed by atoms with Crippen molar-refractivity contribution in [3.05, 3.63) is 40.6 Å². The third kappa shape index (κ3) is 3.58. The van der Waals surface area contributed by atoms with E-state index in [4.69, 9.17) is 4.74 Å². The Bertz CT molecular complexity index is 702. The van der Waals surface area contributed by atoms with Crippen molar-refractivity contribution in [1.82, 2.24) is 9.71 Å². The number of methoxy groups -OCH3 is 1. The lowest BCUT2D eigenvalue weighted by molar-refractivity contribution is 0.385.